The number of ketones is 1. The molecule has 5 aromatic rings. The first-order valence-electron chi connectivity index (χ1n) is 14.7. The molecule has 0 aromatic heterocycles. The number of nitrogens with zero attached hydrogens (tertiary/aromatic N) is 4. The Morgan fingerprint density at radius 3 is 1.86 bits per heavy atom. The van der Waals surface area contributed by atoms with E-state index in [0.29, 0.717) is 23.1 Å². The van der Waals surface area contributed by atoms with Crippen LogP contribution >= 0.6 is 0 Å². The molecule has 16 heteroatoms. The number of azo groups is 2. The summed E-state index contributed by atoms with van der Waals surface area (Å²) in [7, 11) is -9.89. The number of para-hydroxylation sites is 1. The maximum absolute atomic E-state index is 12.7. The highest BCUT2D eigenvalue weighted by Gasteiger charge is 2.25. The lowest BCUT2D eigenvalue weighted by Gasteiger charge is -2.12. The summed E-state index contributed by atoms with van der Waals surface area (Å²) in [5.74, 6) is -1.57. The summed E-state index contributed by atoms with van der Waals surface area (Å²) in [5.41, 5.74) is 4.16. The number of carbonyl (C=O) groups excluding carboxylic acids is 2. The maximum atomic E-state index is 12.7. The zero-order valence-electron chi connectivity index (χ0n) is 26.6. The number of nitrogens with one attached hydrogen (secondary N) is 1. The van der Waals surface area contributed by atoms with Crippen molar-refractivity contribution >= 4 is 65.4 Å². The summed E-state index contributed by atoms with van der Waals surface area (Å²) >= 11 is 0. The molecule has 0 heterocycles. The number of anilines is 1. The molecule has 14 nitrogen and oxygen atoms in total. The molecule has 5 aromatic carbocycles. The van der Waals surface area contributed by atoms with Crippen LogP contribution in [0.4, 0.5) is 22.7 Å². The zero-order valence-corrected chi connectivity index (χ0v) is 28.3. The van der Waals surface area contributed by atoms with Gasteiger partial charge in [0.15, 0.2) is 5.78 Å². The van der Waals surface area contributed by atoms with E-state index in [-0.39, 0.29) is 16.5 Å². The van der Waals surface area contributed by atoms with Crippen molar-refractivity contribution in [3.05, 3.63) is 102 Å². The molecule has 1 amide bonds. The van der Waals surface area contributed by atoms with E-state index >= 15 is 0 Å². The summed E-state index contributed by atoms with van der Waals surface area (Å²) < 4.78 is 67.1. The molecule has 0 bridgehead atoms. The molecule has 0 aliphatic rings. The standard InChI is InChI=1S/C34H29N5O9S2/c1-19-15-24(36-38-32(21(3)40)34(42)35-23-7-5-4-6-8-23)10-12-27(19)28-13-11-25(16-20(28)2)37-39-33-29(41)14-9-22-17-26(49(43,44)45)18-30(31(22)33)50(46,47)48/h4-18,32,41H,1-3H3,(H,35,42)(H,43,44,45)(H,46,47,48). The summed E-state index contributed by atoms with van der Waals surface area (Å²) in [6.07, 6.45) is 0. The Hall–Kier alpha value is -5.68. The maximum Gasteiger partial charge on any atom is 0.295 e. The second-order valence-electron chi connectivity index (χ2n) is 11.2. The minimum absolute atomic E-state index is 0.0586. The van der Waals surface area contributed by atoms with Crippen LogP contribution in [0.2, 0.25) is 0 Å². The first kappa shape index (κ1) is 35.6. The van der Waals surface area contributed by atoms with Gasteiger partial charge in [0.1, 0.15) is 16.3 Å². The van der Waals surface area contributed by atoms with Crippen LogP contribution < -0.4 is 5.32 Å². The molecule has 50 heavy (non-hydrogen) atoms. The van der Waals surface area contributed by atoms with Crippen LogP contribution in [0.25, 0.3) is 21.9 Å². The Labute approximate surface area is 286 Å². The van der Waals surface area contributed by atoms with Crippen molar-refractivity contribution in [2.45, 2.75) is 36.6 Å². The highest BCUT2D eigenvalue weighted by molar-refractivity contribution is 7.86. The van der Waals surface area contributed by atoms with Gasteiger partial charge >= 0.3 is 0 Å². The van der Waals surface area contributed by atoms with Crippen LogP contribution in [0.1, 0.15) is 18.1 Å². The summed E-state index contributed by atoms with van der Waals surface area (Å²) in [4.78, 5) is 23.2. The first-order valence-corrected chi connectivity index (χ1v) is 17.6. The average molecular weight is 716 g/mol. The Morgan fingerprint density at radius 1 is 0.720 bits per heavy atom. The number of rotatable bonds is 10. The van der Waals surface area contributed by atoms with E-state index in [0.717, 1.165) is 34.4 Å². The fourth-order valence-corrected chi connectivity index (χ4v) is 6.50. The molecule has 0 saturated carbocycles. The van der Waals surface area contributed by atoms with E-state index in [1.54, 1.807) is 60.7 Å². The number of aryl methyl sites for hydroxylation is 2. The van der Waals surface area contributed by atoms with Gasteiger partial charge in [-0.25, -0.2) is 0 Å². The lowest BCUT2D eigenvalue weighted by Crippen LogP contribution is -2.31. The predicted molar refractivity (Wildman–Crippen MR) is 185 cm³/mol. The number of phenols is 1. The second-order valence-corrected chi connectivity index (χ2v) is 14.0. The van der Waals surface area contributed by atoms with E-state index in [4.69, 9.17) is 0 Å². The molecule has 0 radical (unpaired) electrons. The quantitative estimate of drug-likeness (QED) is 0.0640. The molecular formula is C34H29N5O9S2. The van der Waals surface area contributed by atoms with Crippen LogP contribution in [0.5, 0.6) is 5.75 Å². The molecule has 0 saturated heterocycles. The van der Waals surface area contributed by atoms with Crippen molar-refractivity contribution in [2.75, 3.05) is 5.32 Å². The number of hydrogen-bond acceptors (Lipinski definition) is 11. The number of amides is 1. The number of fused-ring (bicyclic) bond motifs is 1. The largest absolute Gasteiger partial charge is 0.506 e. The van der Waals surface area contributed by atoms with Crippen molar-refractivity contribution in [3.63, 3.8) is 0 Å². The fourth-order valence-electron chi connectivity index (χ4n) is 5.13. The lowest BCUT2D eigenvalue weighted by atomic mass is 9.96. The number of carbonyl (C=O) groups is 2. The highest BCUT2D eigenvalue weighted by Crippen LogP contribution is 2.41. The van der Waals surface area contributed by atoms with Gasteiger partial charge in [0.05, 0.1) is 16.3 Å². The van der Waals surface area contributed by atoms with E-state index in [1.807, 2.05) is 19.9 Å². The molecule has 256 valence electrons. The SMILES string of the molecule is CC(=O)C(N=Nc1ccc(-c2ccc(N=Nc3c(O)ccc4cc(S(=O)(=O)O)cc(S(=O)(=O)O)c34)cc2C)c(C)c1)C(=O)Nc1ccccc1. The minimum Gasteiger partial charge on any atom is -0.506 e. The molecule has 1 unspecified atom stereocenters. The van der Waals surface area contributed by atoms with Crippen molar-refractivity contribution in [3.8, 4) is 16.9 Å². The fraction of sp³-hybridized carbons (Fsp3) is 0.118. The molecule has 0 spiro atoms. The van der Waals surface area contributed by atoms with Gasteiger partial charge in [0.25, 0.3) is 26.1 Å². The molecule has 0 fully saturated rings. The van der Waals surface area contributed by atoms with E-state index in [2.05, 4.69) is 25.8 Å². The summed E-state index contributed by atoms with van der Waals surface area (Å²) in [6.45, 7) is 4.95. The van der Waals surface area contributed by atoms with Crippen LogP contribution in [0, 0.1) is 13.8 Å². The minimum atomic E-state index is -5.05. The van der Waals surface area contributed by atoms with Crippen LogP contribution in [-0.2, 0) is 29.8 Å². The lowest BCUT2D eigenvalue weighted by molar-refractivity contribution is -0.126. The number of aromatic hydroxyl groups is 1. The van der Waals surface area contributed by atoms with Gasteiger partial charge in [0.2, 0.25) is 6.04 Å². The first-order chi connectivity index (χ1) is 23.5. The van der Waals surface area contributed by atoms with E-state index in [9.17, 15) is 40.6 Å². The molecule has 5 rings (SSSR count). The van der Waals surface area contributed by atoms with Gasteiger partial charge in [-0.15, -0.1) is 5.11 Å². The van der Waals surface area contributed by atoms with Crippen molar-refractivity contribution < 1.29 is 40.6 Å². The van der Waals surface area contributed by atoms with Gasteiger partial charge < -0.3 is 10.4 Å². The average Bonchev–Trinajstić information content (AvgIpc) is 3.04. The van der Waals surface area contributed by atoms with E-state index < -0.39 is 53.5 Å². The van der Waals surface area contributed by atoms with E-state index in [1.165, 1.54) is 13.0 Å². The Kier molecular flexibility index (Phi) is 10.0. The monoisotopic (exact) mass is 715 g/mol. The molecule has 0 aliphatic heterocycles. The Bertz CT molecular complexity index is 2450. The third kappa shape index (κ3) is 7.95. The third-order valence-corrected chi connectivity index (χ3v) is 9.23. The molecule has 1 atom stereocenters. The van der Waals surface area contributed by atoms with Crippen LogP contribution in [-0.4, -0.2) is 48.8 Å². The number of phenolic OH excluding ortho intramolecular Hbond substituents is 1. The zero-order chi connectivity index (χ0) is 36.4. The molecule has 4 N–H and O–H groups in total. The Morgan fingerprint density at radius 2 is 1.32 bits per heavy atom. The van der Waals surface area contributed by atoms with Gasteiger partial charge in [-0.05, 0) is 103 Å². The predicted octanol–water partition coefficient (Wildman–Crippen LogP) is 7.42. The summed E-state index contributed by atoms with van der Waals surface area (Å²) in [5, 5.41) is 29.2. The second kappa shape index (κ2) is 14.0. The molecular weight excluding hydrogens is 687 g/mol. The van der Waals surface area contributed by atoms with Crippen molar-refractivity contribution in [1.29, 1.82) is 0 Å². The van der Waals surface area contributed by atoms with Gasteiger partial charge in [-0.3, -0.25) is 18.7 Å². The third-order valence-electron chi connectivity index (χ3n) is 7.52. The highest BCUT2D eigenvalue weighted by atomic mass is 32.2. The Balaban J connectivity index is 1.42. The summed E-state index contributed by atoms with van der Waals surface area (Å²) in [6, 6.07) is 21.6. The van der Waals surface area contributed by atoms with Crippen LogP contribution in [0.15, 0.2) is 121 Å². The topological polar surface area (TPSA) is 225 Å². The van der Waals surface area contributed by atoms with Crippen molar-refractivity contribution in [1.82, 2.24) is 0 Å². The number of benzene rings is 5. The van der Waals surface area contributed by atoms with Gasteiger partial charge in [0, 0.05) is 11.1 Å². The van der Waals surface area contributed by atoms with Gasteiger partial charge in [-0.1, -0.05) is 36.4 Å². The normalized spacial score (nSPS) is 12.8. The van der Waals surface area contributed by atoms with Crippen molar-refractivity contribution in [2.24, 2.45) is 20.5 Å². The molecule has 0 aliphatic carbocycles. The number of hydrogen-bond donors (Lipinski definition) is 4. The van der Waals surface area contributed by atoms with Gasteiger partial charge in [-0.2, -0.15) is 32.2 Å². The van der Waals surface area contributed by atoms with Crippen LogP contribution in [0.3, 0.4) is 0 Å². The number of Topliss-reactive ketones (excluding diaryl/α,β-unsaturated/α-hetero) is 1. The smallest absolute Gasteiger partial charge is 0.295 e.